The SMILES string of the molecule is CCc1ccc(Sc2nc(C3CCC3)[nH]c2C2=CCC(S(C)(=O)=O)C=C2)cc1. The highest BCUT2D eigenvalue weighted by Crippen LogP contribution is 2.40. The van der Waals surface area contributed by atoms with Gasteiger partial charge in [0, 0.05) is 17.1 Å². The lowest BCUT2D eigenvalue weighted by Gasteiger charge is -2.22. The Bertz CT molecular complexity index is 1010. The Hall–Kier alpha value is -1.79. The van der Waals surface area contributed by atoms with Crippen LogP contribution >= 0.6 is 11.8 Å². The van der Waals surface area contributed by atoms with E-state index in [1.165, 1.54) is 36.0 Å². The van der Waals surface area contributed by atoms with Crippen LogP contribution in [0.1, 0.15) is 55.6 Å². The summed E-state index contributed by atoms with van der Waals surface area (Å²) in [5.41, 5.74) is 3.37. The fourth-order valence-corrected chi connectivity index (χ4v) is 5.25. The maximum absolute atomic E-state index is 11.8. The molecule has 1 aromatic heterocycles. The Balaban J connectivity index is 1.63. The second-order valence-corrected chi connectivity index (χ2v) is 11.0. The highest BCUT2D eigenvalue weighted by atomic mass is 32.2. The molecule has 0 aliphatic heterocycles. The van der Waals surface area contributed by atoms with E-state index in [4.69, 9.17) is 4.98 Å². The molecule has 148 valence electrons. The lowest BCUT2D eigenvalue weighted by Crippen LogP contribution is -2.18. The lowest BCUT2D eigenvalue weighted by atomic mass is 9.85. The lowest BCUT2D eigenvalue weighted by molar-refractivity contribution is 0.403. The first-order valence-electron chi connectivity index (χ1n) is 9.88. The zero-order valence-corrected chi connectivity index (χ0v) is 17.9. The van der Waals surface area contributed by atoms with Crippen molar-refractivity contribution in [2.45, 2.75) is 60.1 Å². The van der Waals surface area contributed by atoms with Gasteiger partial charge >= 0.3 is 0 Å². The molecule has 0 radical (unpaired) electrons. The van der Waals surface area contributed by atoms with Crippen molar-refractivity contribution in [3.63, 3.8) is 0 Å². The minimum absolute atomic E-state index is 0.428. The normalized spacial score (nSPS) is 20.1. The third-order valence-corrected chi connectivity index (χ3v) is 8.07. The average Bonchev–Trinajstić information content (AvgIpc) is 3.03. The molecule has 28 heavy (non-hydrogen) atoms. The Labute approximate surface area is 171 Å². The molecule has 1 unspecified atom stereocenters. The fraction of sp³-hybridized carbons (Fsp3) is 0.409. The monoisotopic (exact) mass is 414 g/mol. The van der Waals surface area contributed by atoms with Crippen LogP contribution in [0.4, 0.5) is 0 Å². The third kappa shape index (κ3) is 4.13. The van der Waals surface area contributed by atoms with Crippen LogP contribution in [-0.4, -0.2) is 29.9 Å². The summed E-state index contributed by atoms with van der Waals surface area (Å²) >= 11 is 1.67. The molecular weight excluding hydrogens is 388 g/mol. The van der Waals surface area contributed by atoms with Gasteiger partial charge in [0.05, 0.1) is 10.9 Å². The molecular formula is C22H26N2O2S2. The molecule has 2 aliphatic carbocycles. The summed E-state index contributed by atoms with van der Waals surface area (Å²) in [6, 6.07) is 8.63. The quantitative estimate of drug-likeness (QED) is 0.710. The Kier molecular flexibility index (Phi) is 5.52. The van der Waals surface area contributed by atoms with Gasteiger partial charge in [0.25, 0.3) is 0 Å². The van der Waals surface area contributed by atoms with Crippen molar-refractivity contribution in [1.82, 2.24) is 9.97 Å². The van der Waals surface area contributed by atoms with Gasteiger partial charge in [0.2, 0.25) is 0 Å². The van der Waals surface area contributed by atoms with Gasteiger partial charge in [0.15, 0.2) is 9.84 Å². The summed E-state index contributed by atoms with van der Waals surface area (Å²) in [6.45, 7) is 2.16. The van der Waals surface area contributed by atoms with Crippen molar-refractivity contribution in [2.75, 3.05) is 6.26 Å². The highest BCUT2D eigenvalue weighted by molar-refractivity contribution is 7.99. The van der Waals surface area contributed by atoms with E-state index in [0.717, 1.165) is 28.5 Å². The number of rotatable bonds is 6. The Morgan fingerprint density at radius 2 is 1.96 bits per heavy atom. The van der Waals surface area contributed by atoms with E-state index in [0.29, 0.717) is 12.3 Å². The standard InChI is InChI=1S/C22H26N2O2S2/c1-3-15-7-11-18(12-8-15)27-22-20(23-21(24-22)17-5-4-6-17)16-9-13-19(14-10-16)28(2,25)26/h7-13,17,19H,3-6,14H2,1-2H3,(H,23,24). The molecule has 4 nitrogen and oxygen atoms in total. The zero-order valence-electron chi connectivity index (χ0n) is 16.3. The van der Waals surface area contributed by atoms with Gasteiger partial charge in [-0.15, -0.1) is 0 Å². The molecule has 1 atom stereocenters. The molecule has 0 spiro atoms. The van der Waals surface area contributed by atoms with Gasteiger partial charge < -0.3 is 4.98 Å². The van der Waals surface area contributed by atoms with E-state index in [1.54, 1.807) is 17.8 Å². The number of aromatic amines is 1. The molecule has 2 aliphatic rings. The number of allylic oxidation sites excluding steroid dienone is 3. The summed E-state index contributed by atoms with van der Waals surface area (Å²) < 4.78 is 23.6. The van der Waals surface area contributed by atoms with E-state index in [-0.39, 0.29) is 0 Å². The molecule has 1 heterocycles. The summed E-state index contributed by atoms with van der Waals surface area (Å²) in [5, 5.41) is 0.544. The van der Waals surface area contributed by atoms with Gasteiger partial charge in [-0.05, 0) is 49.0 Å². The number of aryl methyl sites for hydroxylation is 1. The summed E-state index contributed by atoms with van der Waals surface area (Å²) in [5.74, 6) is 1.58. The Morgan fingerprint density at radius 3 is 2.50 bits per heavy atom. The number of nitrogens with zero attached hydrogens (tertiary/aromatic N) is 1. The van der Waals surface area contributed by atoms with E-state index < -0.39 is 15.1 Å². The van der Waals surface area contributed by atoms with E-state index in [1.807, 2.05) is 12.2 Å². The van der Waals surface area contributed by atoms with Crippen molar-refractivity contribution in [2.24, 2.45) is 0 Å². The number of sulfone groups is 1. The molecule has 1 fully saturated rings. The largest absolute Gasteiger partial charge is 0.341 e. The molecule has 1 saturated carbocycles. The van der Waals surface area contributed by atoms with E-state index in [9.17, 15) is 8.42 Å². The maximum Gasteiger partial charge on any atom is 0.154 e. The predicted molar refractivity (Wildman–Crippen MR) is 115 cm³/mol. The molecule has 4 rings (SSSR count). The number of H-pyrrole nitrogens is 1. The van der Waals surface area contributed by atoms with Crippen molar-refractivity contribution >= 4 is 27.2 Å². The highest BCUT2D eigenvalue weighted by Gasteiger charge is 2.26. The number of aromatic nitrogens is 2. The fourth-order valence-electron chi connectivity index (χ4n) is 3.53. The predicted octanol–water partition coefficient (Wildman–Crippen LogP) is 5.15. The molecule has 1 N–H and O–H groups in total. The molecule has 0 bridgehead atoms. The Morgan fingerprint density at radius 1 is 1.21 bits per heavy atom. The second-order valence-electron chi connectivity index (χ2n) is 7.65. The van der Waals surface area contributed by atoms with Crippen LogP contribution in [0.2, 0.25) is 0 Å². The van der Waals surface area contributed by atoms with Crippen LogP contribution in [0.25, 0.3) is 5.57 Å². The summed E-state index contributed by atoms with van der Waals surface area (Å²) in [6.07, 6.45) is 12.2. The molecule has 0 saturated heterocycles. The van der Waals surface area contributed by atoms with Crippen LogP contribution in [0.15, 0.2) is 52.4 Å². The van der Waals surface area contributed by atoms with E-state index >= 15 is 0 Å². The van der Waals surface area contributed by atoms with Crippen molar-refractivity contribution in [1.29, 1.82) is 0 Å². The average molecular weight is 415 g/mol. The first kappa shape index (κ1) is 19.5. The number of hydrogen-bond donors (Lipinski definition) is 1. The maximum atomic E-state index is 11.8. The number of imidazole rings is 1. The van der Waals surface area contributed by atoms with Crippen molar-refractivity contribution in [3.05, 3.63) is 59.6 Å². The zero-order chi connectivity index (χ0) is 19.7. The van der Waals surface area contributed by atoms with Crippen LogP contribution in [0.5, 0.6) is 0 Å². The molecule has 6 heteroatoms. The molecule has 1 aromatic carbocycles. The van der Waals surface area contributed by atoms with Crippen LogP contribution in [0, 0.1) is 0 Å². The van der Waals surface area contributed by atoms with Gasteiger partial charge in [0.1, 0.15) is 10.9 Å². The number of benzene rings is 1. The summed E-state index contributed by atoms with van der Waals surface area (Å²) in [7, 11) is -3.06. The molecule has 0 amide bonds. The molecule has 2 aromatic rings. The minimum Gasteiger partial charge on any atom is -0.341 e. The van der Waals surface area contributed by atoms with Crippen LogP contribution < -0.4 is 0 Å². The topological polar surface area (TPSA) is 62.8 Å². The van der Waals surface area contributed by atoms with Gasteiger partial charge in [-0.1, -0.05) is 55.5 Å². The van der Waals surface area contributed by atoms with E-state index in [2.05, 4.69) is 36.2 Å². The van der Waals surface area contributed by atoms with Crippen molar-refractivity contribution < 1.29 is 8.42 Å². The van der Waals surface area contributed by atoms with Crippen LogP contribution in [0.3, 0.4) is 0 Å². The van der Waals surface area contributed by atoms with Crippen molar-refractivity contribution in [3.8, 4) is 0 Å². The third-order valence-electron chi connectivity index (χ3n) is 5.63. The smallest absolute Gasteiger partial charge is 0.154 e. The number of hydrogen-bond acceptors (Lipinski definition) is 4. The van der Waals surface area contributed by atoms with Gasteiger partial charge in [-0.2, -0.15) is 0 Å². The van der Waals surface area contributed by atoms with Gasteiger partial charge in [-0.3, -0.25) is 0 Å². The first-order valence-corrected chi connectivity index (χ1v) is 12.7. The minimum atomic E-state index is -3.06. The van der Waals surface area contributed by atoms with Crippen LogP contribution in [-0.2, 0) is 16.3 Å². The number of nitrogens with one attached hydrogen (secondary N) is 1. The van der Waals surface area contributed by atoms with Gasteiger partial charge in [-0.25, -0.2) is 13.4 Å². The summed E-state index contributed by atoms with van der Waals surface area (Å²) in [4.78, 5) is 9.64. The first-order chi connectivity index (χ1) is 13.4. The second kappa shape index (κ2) is 7.91.